The first-order valence-electron chi connectivity index (χ1n) is 18.4. The summed E-state index contributed by atoms with van der Waals surface area (Å²) >= 11 is 0. The van der Waals surface area contributed by atoms with Crippen LogP contribution in [-0.2, 0) is 31.6 Å². The van der Waals surface area contributed by atoms with E-state index in [2.05, 4.69) is 20.6 Å². The Balaban J connectivity index is 0.000000281. The van der Waals surface area contributed by atoms with E-state index in [4.69, 9.17) is 11.5 Å². The van der Waals surface area contributed by atoms with Gasteiger partial charge in [-0.05, 0) is 68.1 Å². The minimum Gasteiger partial charge on any atom is -0.508 e. The van der Waals surface area contributed by atoms with Gasteiger partial charge >= 0.3 is 0 Å². The highest BCUT2D eigenvalue weighted by Crippen LogP contribution is 2.46. The summed E-state index contributed by atoms with van der Waals surface area (Å²) in [6, 6.07) is 4.92. The molecule has 52 heavy (non-hydrogen) atoms. The van der Waals surface area contributed by atoms with Gasteiger partial charge in [0, 0.05) is 37.5 Å². The fourth-order valence-corrected chi connectivity index (χ4v) is 10.4. The van der Waals surface area contributed by atoms with Crippen molar-refractivity contribution in [2.75, 3.05) is 25.4 Å². The lowest BCUT2D eigenvalue weighted by Crippen LogP contribution is -2.45. The number of phenolic OH excluding ortho intramolecular Hbond substituents is 1. The van der Waals surface area contributed by atoms with Crippen molar-refractivity contribution >= 4 is 27.2 Å². The molecule has 7 atom stereocenters. The van der Waals surface area contributed by atoms with Crippen molar-refractivity contribution in [1.82, 2.24) is 20.6 Å². The van der Waals surface area contributed by atoms with E-state index >= 15 is 0 Å². The molecular formula is C35H60N6O9P2. The van der Waals surface area contributed by atoms with Crippen LogP contribution in [0.5, 0.6) is 5.75 Å². The molecule has 17 heteroatoms. The molecule has 0 radical (unpaired) electrons. The molecule has 0 saturated heterocycles. The Morgan fingerprint density at radius 1 is 0.904 bits per heavy atom. The van der Waals surface area contributed by atoms with Crippen molar-refractivity contribution in [3.8, 4) is 5.75 Å². The minimum atomic E-state index is -3.39. The molecule has 12 N–H and O–H groups in total. The molecule has 1 heterocycles. The maximum Gasteiger partial charge on any atom is 0.237 e. The molecule has 0 spiro atoms. The van der Waals surface area contributed by atoms with E-state index in [0.29, 0.717) is 12.1 Å². The zero-order valence-corrected chi connectivity index (χ0v) is 31.8. The summed E-state index contributed by atoms with van der Waals surface area (Å²) in [5, 5.41) is 34.7. The number of imidazole rings is 1. The average molecular weight is 771 g/mol. The van der Waals surface area contributed by atoms with Crippen LogP contribution >= 0.6 is 15.4 Å². The van der Waals surface area contributed by atoms with Gasteiger partial charge in [-0.25, -0.2) is 4.98 Å². The van der Waals surface area contributed by atoms with E-state index in [0.717, 1.165) is 63.4 Å². The average Bonchev–Trinajstić information content (AvgIpc) is 3.63. The molecule has 4 rings (SSSR count). The molecule has 0 bridgehead atoms. The summed E-state index contributed by atoms with van der Waals surface area (Å²) in [4.78, 5) is 50.7. The lowest BCUT2D eigenvalue weighted by atomic mass is 9.85. The second-order valence-electron chi connectivity index (χ2n) is 14.4. The van der Waals surface area contributed by atoms with Gasteiger partial charge in [0.1, 0.15) is 5.75 Å². The first-order valence-corrected chi connectivity index (χ1v) is 21.9. The van der Waals surface area contributed by atoms with Gasteiger partial charge in [-0.1, -0.05) is 50.7 Å². The number of nitrogens with two attached hydrogens (primary N) is 2. The molecule has 2 aliphatic carbocycles. The third-order valence-electron chi connectivity index (χ3n) is 9.90. The standard InChI is InChI=1S/C19H31N2O5P.C16H29N4O4P/c20-17(10-13-6-8-15(22)9-7-13)19(24)21-12-16(23)11-18(27(25)26)14-4-2-1-3-5-14;17-15(6-13-7-18-11-20-13)16(22)19-8-14(21)10-25(23,24)9-12-4-2-1-3-5-12/h6-9,14,16-18,22-23,27H,1-5,10-12,20H2,(H,21,24)(H,25,26);7,11-12,14-15,21H,1-6,8-10,17H2,(H,18,20)(H,19,22)(H,23,24)/t16-,17+,18?;14-,15+/m11/s1. The summed E-state index contributed by atoms with van der Waals surface area (Å²) in [5.41, 5.74) is 12.8. The third-order valence-corrected chi connectivity index (χ3v) is 13.3. The van der Waals surface area contributed by atoms with E-state index in [-0.39, 0.29) is 61.7 Å². The topological polar surface area (TPSA) is 274 Å². The van der Waals surface area contributed by atoms with E-state index in [9.17, 15) is 43.8 Å². The number of hydrogen-bond donors (Lipinski definition) is 10. The predicted octanol–water partition coefficient (Wildman–Crippen LogP) is 2.15. The molecule has 0 aliphatic heterocycles. The Hall–Kier alpha value is -2.61. The van der Waals surface area contributed by atoms with Crippen LogP contribution in [0.2, 0.25) is 0 Å². The van der Waals surface area contributed by atoms with Gasteiger partial charge in [0.25, 0.3) is 0 Å². The number of aliphatic hydroxyl groups is 2. The second kappa shape index (κ2) is 22.6. The maximum absolute atomic E-state index is 12.3. The van der Waals surface area contributed by atoms with Crippen molar-refractivity contribution < 1.29 is 43.8 Å². The lowest BCUT2D eigenvalue weighted by molar-refractivity contribution is -0.123. The van der Waals surface area contributed by atoms with Gasteiger partial charge in [-0.15, -0.1) is 0 Å². The van der Waals surface area contributed by atoms with Crippen LogP contribution < -0.4 is 22.1 Å². The predicted molar refractivity (Wildman–Crippen MR) is 200 cm³/mol. The number of H-pyrrole nitrogens is 1. The van der Waals surface area contributed by atoms with Gasteiger partial charge < -0.3 is 52.2 Å². The van der Waals surface area contributed by atoms with E-state index in [1.54, 1.807) is 18.3 Å². The molecule has 3 unspecified atom stereocenters. The van der Waals surface area contributed by atoms with Crippen molar-refractivity contribution in [3.63, 3.8) is 0 Å². The first kappa shape index (κ1) is 43.8. The van der Waals surface area contributed by atoms with Crippen LogP contribution in [0.15, 0.2) is 36.8 Å². The van der Waals surface area contributed by atoms with Crippen molar-refractivity contribution in [1.29, 1.82) is 0 Å². The van der Waals surface area contributed by atoms with Crippen LogP contribution in [0.1, 0.15) is 81.9 Å². The minimum absolute atomic E-state index is 0.0144. The molecular weight excluding hydrogens is 710 g/mol. The number of nitrogens with zero attached hydrogens (tertiary/aromatic N) is 1. The van der Waals surface area contributed by atoms with Crippen molar-refractivity contribution in [2.45, 2.75) is 113 Å². The normalized spacial score (nSPS) is 20.2. The molecule has 2 aromatic rings. The fraction of sp³-hybridized carbons (Fsp3) is 0.686. The highest BCUT2D eigenvalue weighted by molar-refractivity contribution is 7.58. The molecule has 1 aromatic heterocycles. The van der Waals surface area contributed by atoms with E-state index in [1.807, 2.05) is 0 Å². The van der Waals surface area contributed by atoms with Crippen LogP contribution in [0.3, 0.4) is 0 Å². The molecule has 2 saturated carbocycles. The monoisotopic (exact) mass is 770 g/mol. The largest absolute Gasteiger partial charge is 0.508 e. The molecule has 15 nitrogen and oxygen atoms in total. The first-order chi connectivity index (χ1) is 24.7. The number of phenols is 1. The third kappa shape index (κ3) is 16.6. The highest BCUT2D eigenvalue weighted by atomic mass is 31.2. The van der Waals surface area contributed by atoms with Gasteiger partial charge in [0.05, 0.1) is 42.5 Å². The van der Waals surface area contributed by atoms with Gasteiger partial charge in [-0.2, -0.15) is 0 Å². The summed E-state index contributed by atoms with van der Waals surface area (Å²) in [6.07, 6.45) is 12.7. The molecule has 2 amide bonds. The van der Waals surface area contributed by atoms with Gasteiger partial charge in [-0.3, -0.25) is 18.7 Å². The number of nitrogens with one attached hydrogen (secondary N) is 3. The van der Waals surface area contributed by atoms with Crippen LogP contribution in [0, 0.1) is 11.8 Å². The summed E-state index contributed by atoms with van der Waals surface area (Å²) in [5.74, 6) is -0.198. The van der Waals surface area contributed by atoms with E-state index in [1.165, 1.54) is 24.9 Å². The number of carbonyl (C=O) groups is 2. The van der Waals surface area contributed by atoms with Crippen molar-refractivity contribution in [3.05, 3.63) is 48.0 Å². The molecule has 294 valence electrons. The summed E-state index contributed by atoms with van der Waals surface area (Å²) in [6.45, 7) is -0.0667. The number of carbonyl (C=O) groups excluding carboxylic acids is 2. The van der Waals surface area contributed by atoms with Crippen LogP contribution in [0.25, 0.3) is 0 Å². The number of aliphatic hydroxyl groups excluding tert-OH is 2. The summed E-state index contributed by atoms with van der Waals surface area (Å²) in [7, 11) is -6.13. The Morgan fingerprint density at radius 3 is 2.02 bits per heavy atom. The number of amides is 2. The fourth-order valence-electron chi connectivity index (χ4n) is 7.05. The number of rotatable bonds is 18. The van der Waals surface area contributed by atoms with Crippen molar-refractivity contribution in [2.24, 2.45) is 23.3 Å². The van der Waals surface area contributed by atoms with Gasteiger partial charge in [0.2, 0.25) is 19.2 Å². The number of hydrogen-bond acceptors (Lipinski definition) is 10. The highest BCUT2D eigenvalue weighted by Gasteiger charge is 2.30. The number of benzene rings is 1. The smallest absolute Gasteiger partial charge is 0.237 e. The maximum atomic E-state index is 12.3. The Kier molecular flexibility index (Phi) is 19.0. The SMILES string of the molecule is N[C@@H](Cc1c[nH]cn1)C(=O)NC[C@@H](O)CP(=O)(O)CC1CCCCC1.N[C@@H](Cc1ccc(O)cc1)C(=O)NC[C@H](O)CC(C1CCCCC1)[PH](=O)O. The lowest BCUT2D eigenvalue weighted by Gasteiger charge is -2.29. The molecule has 2 aliphatic rings. The van der Waals surface area contributed by atoms with Crippen LogP contribution in [-0.4, -0.2) is 102 Å². The summed E-state index contributed by atoms with van der Waals surface area (Å²) < 4.78 is 24.1. The molecule has 2 fully saturated rings. The van der Waals surface area contributed by atoms with Crippen LogP contribution in [0.4, 0.5) is 0 Å². The zero-order chi connectivity index (χ0) is 38.1. The Morgan fingerprint density at radius 2 is 1.46 bits per heavy atom. The second-order valence-corrected chi connectivity index (χ2v) is 18.3. The number of aromatic hydroxyl groups is 1. The van der Waals surface area contributed by atoms with E-state index < -0.39 is 51.3 Å². The zero-order valence-electron chi connectivity index (χ0n) is 29.9. The Bertz CT molecular complexity index is 1410. The number of aromatic nitrogens is 2. The number of aromatic amines is 1. The Labute approximate surface area is 307 Å². The quantitative estimate of drug-likeness (QED) is 0.0977. The molecule has 1 aromatic carbocycles. The van der Waals surface area contributed by atoms with Gasteiger partial charge in [0.15, 0.2) is 8.03 Å².